The summed E-state index contributed by atoms with van der Waals surface area (Å²) in [4.78, 5) is 21.6. The van der Waals surface area contributed by atoms with Crippen molar-refractivity contribution in [3.8, 4) is 0 Å². The molecule has 0 N–H and O–H groups in total. The molecular formula is C21H20N2O2. The third-order valence-electron chi connectivity index (χ3n) is 4.28. The van der Waals surface area contributed by atoms with Crippen LogP contribution in [0.4, 0.5) is 0 Å². The summed E-state index contributed by atoms with van der Waals surface area (Å²) in [7, 11) is 3.39. The molecule has 0 amide bonds. The van der Waals surface area contributed by atoms with Crippen molar-refractivity contribution in [2.45, 2.75) is 13.5 Å². The molecule has 0 atom stereocenters. The molecule has 0 radical (unpaired) electrons. The van der Waals surface area contributed by atoms with E-state index < -0.39 is 0 Å². The van der Waals surface area contributed by atoms with Gasteiger partial charge in [-0.3, -0.25) is 9.98 Å². The first-order valence-electron chi connectivity index (χ1n) is 8.13. The minimum Gasteiger partial charge on any atom is -0.457 e. The summed E-state index contributed by atoms with van der Waals surface area (Å²) in [5.41, 5.74) is 3.74. The van der Waals surface area contributed by atoms with E-state index >= 15 is 0 Å². The van der Waals surface area contributed by atoms with Gasteiger partial charge in [0.05, 0.1) is 17.0 Å². The van der Waals surface area contributed by atoms with Crippen LogP contribution in [0.2, 0.25) is 0 Å². The minimum absolute atomic E-state index is 0.226. The molecule has 0 saturated heterocycles. The Hall–Kier alpha value is -3.01. The van der Waals surface area contributed by atoms with E-state index in [1.165, 1.54) is 0 Å². The van der Waals surface area contributed by atoms with Crippen LogP contribution in [0.1, 0.15) is 12.5 Å². The Morgan fingerprint density at radius 2 is 1.48 bits per heavy atom. The van der Waals surface area contributed by atoms with Gasteiger partial charge in [0.1, 0.15) is 6.61 Å². The predicted molar refractivity (Wildman–Crippen MR) is 101 cm³/mol. The Morgan fingerprint density at radius 1 is 0.880 bits per heavy atom. The first-order valence-corrected chi connectivity index (χ1v) is 8.13. The van der Waals surface area contributed by atoms with Gasteiger partial charge in [0.2, 0.25) is 0 Å². The molecule has 4 heteroatoms. The zero-order valence-electron chi connectivity index (χ0n) is 14.6. The topological polar surface area (TPSA) is 51.0 Å². The number of esters is 1. The average molecular weight is 332 g/mol. The fraction of sp³-hybridized carbons (Fsp3) is 0.190. The van der Waals surface area contributed by atoms with Crippen LogP contribution in [0.3, 0.4) is 0 Å². The van der Waals surface area contributed by atoms with E-state index in [4.69, 9.17) is 4.74 Å². The van der Waals surface area contributed by atoms with Crippen molar-refractivity contribution in [2.75, 3.05) is 14.1 Å². The number of benzene rings is 2. The van der Waals surface area contributed by atoms with Gasteiger partial charge >= 0.3 is 5.97 Å². The number of carbonyl (C=O) groups excluding carboxylic acids is 1. The molecule has 0 unspecified atom stereocenters. The summed E-state index contributed by atoms with van der Waals surface area (Å²) in [6.07, 6.45) is 0. The van der Waals surface area contributed by atoms with Gasteiger partial charge in [-0.2, -0.15) is 0 Å². The molecule has 2 aromatic rings. The minimum atomic E-state index is -0.384. The van der Waals surface area contributed by atoms with Gasteiger partial charge < -0.3 is 4.74 Å². The summed E-state index contributed by atoms with van der Waals surface area (Å²) in [5.74, 6) is -0.384. The maximum absolute atomic E-state index is 12.9. The highest BCUT2D eigenvalue weighted by molar-refractivity contribution is 6.72. The molecule has 3 rings (SSSR count). The molecule has 1 aliphatic rings. The molecular weight excluding hydrogens is 312 g/mol. The maximum Gasteiger partial charge on any atom is 0.341 e. The summed E-state index contributed by atoms with van der Waals surface area (Å²) >= 11 is 0. The maximum atomic E-state index is 12.9. The lowest BCUT2D eigenvalue weighted by Gasteiger charge is -2.18. The summed E-state index contributed by atoms with van der Waals surface area (Å²) < 4.78 is 5.56. The number of carbonyl (C=O) groups is 1. The highest BCUT2D eigenvalue weighted by Gasteiger charge is 2.27. The molecule has 0 fully saturated rings. The van der Waals surface area contributed by atoms with Crippen molar-refractivity contribution in [1.82, 2.24) is 0 Å². The van der Waals surface area contributed by atoms with Crippen LogP contribution in [0.15, 0.2) is 64.6 Å². The van der Waals surface area contributed by atoms with Gasteiger partial charge in [-0.1, -0.05) is 54.6 Å². The summed E-state index contributed by atoms with van der Waals surface area (Å²) in [6.45, 7) is 2.22. The van der Waals surface area contributed by atoms with Crippen LogP contribution < -0.4 is 10.4 Å². The van der Waals surface area contributed by atoms with Crippen LogP contribution in [0.25, 0.3) is 11.1 Å². The third kappa shape index (κ3) is 3.15. The zero-order chi connectivity index (χ0) is 17.8. The van der Waals surface area contributed by atoms with Crippen LogP contribution >= 0.6 is 0 Å². The molecule has 4 nitrogen and oxygen atoms in total. The summed E-state index contributed by atoms with van der Waals surface area (Å²) in [6, 6.07) is 17.4. The molecule has 0 spiro atoms. The summed E-state index contributed by atoms with van der Waals surface area (Å²) in [5, 5.41) is 1.83. The van der Waals surface area contributed by atoms with Crippen LogP contribution in [-0.4, -0.2) is 31.5 Å². The van der Waals surface area contributed by atoms with E-state index in [-0.39, 0.29) is 12.6 Å². The largest absolute Gasteiger partial charge is 0.457 e. The second kappa shape index (κ2) is 7.26. The van der Waals surface area contributed by atoms with E-state index in [9.17, 15) is 4.79 Å². The van der Waals surface area contributed by atoms with Gasteiger partial charge in [0.15, 0.2) is 0 Å². The van der Waals surface area contributed by atoms with Gasteiger partial charge in [-0.25, -0.2) is 4.79 Å². The molecule has 1 aliphatic carbocycles. The number of fused-ring (bicyclic) bond motifs is 1. The highest BCUT2D eigenvalue weighted by Crippen LogP contribution is 2.13. The first-order chi connectivity index (χ1) is 12.2. The normalized spacial score (nSPS) is 16.9. The quantitative estimate of drug-likeness (QED) is 0.806. The second-order valence-corrected chi connectivity index (χ2v) is 5.75. The van der Waals surface area contributed by atoms with Crippen LogP contribution in [-0.2, 0) is 16.1 Å². The van der Waals surface area contributed by atoms with Crippen molar-refractivity contribution in [3.63, 3.8) is 0 Å². The third-order valence-corrected chi connectivity index (χ3v) is 4.28. The fourth-order valence-electron chi connectivity index (χ4n) is 3.07. The molecule has 25 heavy (non-hydrogen) atoms. The van der Waals surface area contributed by atoms with Crippen molar-refractivity contribution in [1.29, 1.82) is 0 Å². The van der Waals surface area contributed by atoms with Crippen LogP contribution in [0, 0.1) is 0 Å². The van der Waals surface area contributed by atoms with Crippen molar-refractivity contribution in [2.24, 2.45) is 9.98 Å². The monoisotopic (exact) mass is 332 g/mol. The first kappa shape index (κ1) is 16.8. The van der Waals surface area contributed by atoms with Crippen LogP contribution in [0.5, 0.6) is 0 Å². The van der Waals surface area contributed by atoms with Gasteiger partial charge in [0, 0.05) is 14.1 Å². The number of aliphatic imine (C=N–C) groups is 2. The molecule has 0 heterocycles. The molecule has 126 valence electrons. The predicted octanol–water partition coefficient (Wildman–Crippen LogP) is 1.91. The SMILES string of the molecule is CN=C1C(=NC)C(C(=O)OCc2ccccc2)=c2ccccc2=C1C. The van der Waals surface area contributed by atoms with Crippen molar-refractivity contribution in [3.05, 3.63) is 70.6 Å². The number of hydrogen-bond acceptors (Lipinski definition) is 4. The molecule has 0 aliphatic heterocycles. The number of rotatable bonds is 3. The number of nitrogens with zero attached hydrogens (tertiary/aromatic N) is 2. The molecule has 2 aromatic carbocycles. The Bertz CT molecular complexity index is 986. The average Bonchev–Trinajstić information content (AvgIpc) is 2.66. The Morgan fingerprint density at radius 3 is 2.12 bits per heavy atom. The van der Waals surface area contributed by atoms with Gasteiger partial charge in [-0.15, -0.1) is 0 Å². The number of ether oxygens (including phenoxy) is 1. The highest BCUT2D eigenvalue weighted by atomic mass is 16.5. The van der Waals surface area contributed by atoms with E-state index in [2.05, 4.69) is 9.98 Å². The number of hydrogen-bond donors (Lipinski definition) is 0. The molecule has 0 bridgehead atoms. The standard InChI is InChI=1S/C21H20N2O2/c1-14-16-11-7-8-12-17(16)18(20(23-3)19(14)22-2)21(24)25-13-15-9-5-4-6-10-15/h4-12H,13H2,1-3H3. The lowest BCUT2D eigenvalue weighted by molar-refractivity contribution is -0.137. The van der Waals surface area contributed by atoms with E-state index in [0.717, 1.165) is 27.3 Å². The van der Waals surface area contributed by atoms with Crippen molar-refractivity contribution < 1.29 is 9.53 Å². The Labute approximate surface area is 146 Å². The van der Waals surface area contributed by atoms with E-state index in [1.807, 2.05) is 61.5 Å². The molecule has 0 aromatic heterocycles. The van der Waals surface area contributed by atoms with E-state index in [0.29, 0.717) is 11.3 Å². The Balaban J connectivity index is 2.09. The smallest absolute Gasteiger partial charge is 0.341 e. The zero-order valence-corrected chi connectivity index (χ0v) is 14.6. The molecule has 0 saturated carbocycles. The fourth-order valence-corrected chi connectivity index (χ4v) is 3.07. The van der Waals surface area contributed by atoms with E-state index in [1.54, 1.807) is 14.1 Å². The Kier molecular flexibility index (Phi) is 4.89. The van der Waals surface area contributed by atoms with Crippen molar-refractivity contribution >= 4 is 28.5 Å². The second-order valence-electron chi connectivity index (χ2n) is 5.75. The lowest BCUT2D eigenvalue weighted by Crippen LogP contribution is -2.42. The van der Waals surface area contributed by atoms with Gasteiger partial charge in [-0.05, 0) is 28.5 Å². The van der Waals surface area contributed by atoms with Gasteiger partial charge in [0.25, 0.3) is 0 Å². The lowest BCUT2D eigenvalue weighted by atomic mass is 9.90.